The fourth-order valence-electron chi connectivity index (χ4n) is 3.07. The van der Waals surface area contributed by atoms with Gasteiger partial charge < -0.3 is 15.3 Å². The average molecular weight is 362 g/mol. The highest BCUT2D eigenvalue weighted by Gasteiger charge is 2.27. The summed E-state index contributed by atoms with van der Waals surface area (Å²) < 4.78 is 0. The van der Waals surface area contributed by atoms with Crippen molar-refractivity contribution in [3.05, 3.63) is 17.3 Å². The molecule has 1 aliphatic heterocycles. The van der Waals surface area contributed by atoms with Crippen molar-refractivity contribution in [2.75, 3.05) is 25.0 Å². The highest BCUT2D eigenvalue weighted by Crippen LogP contribution is 2.28. The largest absolute Gasteiger partial charge is 0.481 e. The van der Waals surface area contributed by atoms with Crippen molar-refractivity contribution in [3.8, 4) is 0 Å². The van der Waals surface area contributed by atoms with Gasteiger partial charge in [-0.1, -0.05) is 6.92 Å². The molecule has 1 fully saturated rings. The SMILES string of the molecule is CCc1cc2c(NCCC(=O)N3CCCC(C(=O)O)C3)ncnc2s1. The molecule has 0 bridgehead atoms. The highest BCUT2D eigenvalue weighted by molar-refractivity contribution is 7.18. The Balaban J connectivity index is 1.57. The van der Waals surface area contributed by atoms with Gasteiger partial charge in [0.2, 0.25) is 5.91 Å². The summed E-state index contributed by atoms with van der Waals surface area (Å²) in [5, 5.41) is 13.3. The summed E-state index contributed by atoms with van der Waals surface area (Å²) in [6.07, 6.45) is 4.21. The third-order valence-corrected chi connectivity index (χ3v) is 5.67. The number of hydrogen-bond acceptors (Lipinski definition) is 6. The predicted molar refractivity (Wildman–Crippen MR) is 96.8 cm³/mol. The van der Waals surface area contributed by atoms with Gasteiger partial charge in [0.15, 0.2) is 0 Å². The third kappa shape index (κ3) is 4.07. The number of carboxylic acid groups (broad SMARTS) is 1. The minimum atomic E-state index is -0.816. The second-order valence-corrected chi connectivity index (χ2v) is 7.32. The van der Waals surface area contributed by atoms with Crippen molar-refractivity contribution < 1.29 is 14.7 Å². The lowest BCUT2D eigenvalue weighted by Crippen LogP contribution is -2.42. The van der Waals surface area contributed by atoms with Crippen LogP contribution in [0.25, 0.3) is 10.2 Å². The van der Waals surface area contributed by atoms with Gasteiger partial charge in [0, 0.05) is 30.9 Å². The number of rotatable bonds is 6. The zero-order chi connectivity index (χ0) is 17.8. The molecule has 2 N–H and O–H groups in total. The standard InChI is InChI=1S/C17H22N4O3S/c1-2-12-8-13-15(19-10-20-16(13)25-12)18-6-5-14(22)21-7-3-4-11(9-21)17(23)24/h8,10-11H,2-7,9H2,1H3,(H,23,24)(H,18,19,20). The van der Waals surface area contributed by atoms with E-state index in [0.717, 1.165) is 28.9 Å². The van der Waals surface area contributed by atoms with E-state index < -0.39 is 11.9 Å². The van der Waals surface area contributed by atoms with Gasteiger partial charge in [0.25, 0.3) is 0 Å². The fraction of sp³-hybridized carbons (Fsp3) is 0.529. The molecule has 0 radical (unpaired) electrons. The molecule has 3 rings (SSSR count). The molecule has 1 unspecified atom stereocenters. The lowest BCUT2D eigenvalue weighted by Gasteiger charge is -2.30. The zero-order valence-electron chi connectivity index (χ0n) is 14.2. The summed E-state index contributed by atoms with van der Waals surface area (Å²) in [6.45, 7) is 3.53. The summed E-state index contributed by atoms with van der Waals surface area (Å²) >= 11 is 1.65. The first kappa shape index (κ1) is 17.6. The molecule has 0 aromatic carbocycles. The number of carbonyl (C=O) groups excluding carboxylic acids is 1. The van der Waals surface area contributed by atoms with Crippen molar-refractivity contribution in [1.29, 1.82) is 0 Å². The lowest BCUT2D eigenvalue weighted by atomic mass is 9.98. The van der Waals surface area contributed by atoms with E-state index in [1.807, 2.05) is 0 Å². The minimum Gasteiger partial charge on any atom is -0.481 e. The van der Waals surface area contributed by atoms with Crippen LogP contribution in [0.4, 0.5) is 5.82 Å². The molecule has 0 spiro atoms. The number of carbonyl (C=O) groups is 2. The summed E-state index contributed by atoms with van der Waals surface area (Å²) in [5.74, 6) is -0.521. The van der Waals surface area contributed by atoms with Crippen LogP contribution in [0.1, 0.15) is 31.1 Å². The van der Waals surface area contributed by atoms with Gasteiger partial charge in [-0.2, -0.15) is 0 Å². The number of nitrogens with one attached hydrogen (secondary N) is 1. The van der Waals surface area contributed by atoms with Gasteiger partial charge in [-0.15, -0.1) is 11.3 Å². The predicted octanol–water partition coefficient (Wildman–Crippen LogP) is 2.38. The first-order chi connectivity index (χ1) is 12.1. The number of thiophene rings is 1. The Bertz CT molecular complexity index is 776. The smallest absolute Gasteiger partial charge is 0.308 e. The van der Waals surface area contributed by atoms with Crippen LogP contribution in [-0.2, 0) is 16.0 Å². The van der Waals surface area contributed by atoms with Crippen LogP contribution in [0.5, 0.6) is 0 Å². The maximum absolute atomic E-state index is 12.3. The average Bonchev–Trinajstić information content (AvgIpc) is 3.06. The normalized spacial score (nSPS) is 17.6. The van der Waals surface area contributed by atoms with Crippen molar-refractivity contribution >= 4 is 39.2 Å². The molecule has 7 nitrogen and oxygen atoms in total. The van der Waals surface area contributed by atoms with E-state index >= 15 is 0 Å². The Hall–Kier alpha value is -2.22. The number of aromatic nitrogens is 2. The van der Waals surface area contributed by atoms with Gasteiger partial charge in [-0.3, -0.25) is 9.59 Å². The first-order valence-electron chi connectivity index (χ1n) is 8.56. The maximum Gasteiger partial charge on any atom is 0.308 e. The van der Waals surface area contributed by atoms with E-state index in [1.54, 1.807) is 16.2 Å². The zero-order valence-corrected chi connectivity index (χ0v) is 15.0. The number of carboxylic acids is 1. The summed E-state index contributed by atoms with van der Waals surface area (Å²) in [4.78, 5) is 35.9. The van der Waals surface area contributed by atoms with Gasteiger partial charge in [0.1, 0.15) is 17.0 Å². The van der Waals surface area contributed by atoms with Crippen LogP contribution in [-0.4, -0.2) is 51.5 Å². The number of aliphatic carboxylic acids is 1. The number of aryl methyl sites for hydroxylation is 1. The van der Waals surface area contributed by atoms with Gasteiger partial charge in [0.05, 0.1) is 11.3 Å². The van der Waals surface area contributed by atoms with Crippen LogP contribution >= 0.6 is 11.3 Å². The topological polar surface area (TPSA) is 95.4 Å². The molecule has 1 atom stereocenters. The summed E-state index contributed by atoms with van der Waals surface area (Å²) in [5.41, 5.74) is 0. The molecule has 2 aromatic rings. The monoisotopic (exact) mass is 362 g/mol. The van der Waals surface area contributed by atoms with Gasteiger partial charge >= 0.3 is 5.97 Å². The van der Waals surface area contributed by atoms with Crippen LogP contribution < -0.4 is 5.32 Å². The number of hydrogen-bond donors (Lipinski definition) is 2. The first-order valence-corrected chi connectivity index (χ1v) is 9.38. The summed E-state index contributed by atoms with van der Waals surface area (Å²) in [7, 11) is 0. The van der Waals surface area contributed by atoms with Crippen molar-refractivity contribution in [2.45, 2.75) is 32.6 Å². The number of fused-ring (bicyclic) bond motifs is 1. The molecule has 0 saturated carbocycles. The number of anilines is 1. The third-order valence-electron chi connectivity index (χ3n) is 4.48. The number of likely N-dealkylation sites (tertiary alicyclic amines) is 1. The van der Waals surface area contributed by atoms with E-state index in [1.165, 1.54) is 11.2 Å². The summed E-state index contributed by atoms with van der Waals surface area (Å²) in [6, 6.07) is 2.09. The van der Waals surface area contributed by atoms with Crippen LogP contribution in [0.3, 0.4) is 0 Å². The molecule has 134 valence electrons. The molecule has 0 aliphatic carbocycles. The van der Waals surface area contributed by atoms with Crippen molar-refractivity contribution in [3.63, 3.8) is 0 Å². The lowest BCUT2D eigenvalue weighted by molar-refractivity contribution is -0.145. The van der Waals surface area contributed by atoms with E-state index in [9.17, 15) is 9.59 Å². The second kappa shape index (κ2) is 7.77. The van der Waals surface area contributed by atoms with E-state index in [0.29, 0.717) is 32.5 Å². The maximum atomic E-state index is 12.3. The fourth-order valence-corrected chi connectivity index (χ4v) is 4.01. The molecular weight excluding hydrogens is 340 g/mol. The van der Waals surface area contributed by atoms with Crippen LogP contribution in [0.15, 0.2) is 12.4 Å². The number of piperidine rings is 1. The molecule has 25 heavy (non-hydrogen) atoms. The second-order valence-electron chi connectivity index (χ2n) is 6.20. The number of amides is 1. The van der Waals surface area contributed by atoms with Crippen molar-refractivity contribution in [1.82, 2.24) is 14.9 Å². The molecular formula is C17H22N4O3S. The van der Waals surface area contributed by atoms with Gasteiger partial charge in [-0.25, -0.2) is 9.97 Å². The molecule has 1 amide bonds. The Morgan fingerprint density at radius 2 is 2.28 bits per heavy atom. The minimum absolute atomic E-state index is 0.0108. The Morgan fingerprint density at radius 1 is 1.44 bits per heavy atom. The van der Waals surface area contributed by atoms with Gasteiger partial charge in [-0.05, 0) is 25.3 Å². The number of nitrogens with zero attached hydrogens (tertiary/aromatic N) is 3. The van der Waals surface area contributed by atoms with Crippen LogP contribution in [0, 0.1) is 5.92 Å². The van der Waals surface area contributed by atoms with Crippen molar-refractivity contribution in [2.24, 2.45) is 5.92 Å². The van der Waals surface area contributed by atoms with E-state index in [4.69, 9.17) is 5.11 Å². The molecule has 1 aliphatic rings. The molecule has 3 heterocycles. The Kier molecular flexibility index (Phi) is 5.47. The Labute approximate surface area is 150 Å². The molecule has 1 saturated heterocycles. The molecule has 8 heteroatoms. The molecule has 2 aromatic heterocycles. The van der Waals surface area contributed by atoms with Crippen LogP contribution in [0.2, 0.25) is 0 Å². The van der Waals surface area contributed by atoms with E-state index in [-0.39, 0.29) is 5.91 Å². The highest BCUT2D eigenvalue weighted by atomic mass is 32.1. The quantitative estimate of drug-likeness (QED) is 0.819. The van der Waals surface area contributed by atoms with E-state index in [2.05, 4.69) is 28.3 Å². The Morgan fingerprint density at radius 3 is 3.04 bits per heavy atom.